The first-order chi connectivity index (χ1) is 16.2. The van der Waals surface area contributed by atoms with Crippen LogP contribution in [0.1, 0.15) is 32.6 Å². The van der Waals surface area contributed by atoms with Crippen molar-refractivity contribution in [2.75, 3.05) is 42.7 Å². The SMILES string of the molecule is COC(=O)CC(CC(=O)OC)(OC(C)=O)C(=O)OC.COC(=O)CC(O)(CC(=O)OC)C(=O)OC. The first-order valence-electron chi connectivity index (χ1n) is 9.56. The highest BCUT2D eigenvalue weighted by atomic mass is 16.6. The van der Waals surface area contributed by atoms with Gasteiger partial charge in [0.05, 0.1) is 68.3 Å². The van der Waals surface area contributed by atoms with Gasteiger partial charge in [-0.2, -0.15) is 0 Å². The van der Waals surface area contributed by atoms with E-state index in [1.54, 1.807) is 0 Å². The number of carbonyl (C=O) groups excluding carboxylic acids is 7. The highest BCUT2D eigenvalue weighted by molar-refractivity contribution is 5.92. The van der Waals surface area contributed by atoms with Crippen molar-refractivity contribution in [2.45, 2.75) is 43.8 Å². The van der Waals surface area contributed by atoms with Crippen LogP contribution in [0.3, 0.4) is 0 Å². The first kappa shape index (κ1) is 33.4. The van der Waals surface area contributed by atoms with Crippen LogP contribution in [0.15, 0.2) is 0 Å². The molecule has 0 saturated carbocycles. The molecule has 0 heterocycles. The second-order valence-electron chi connectivity index (χ2n) is 6.61. The number of rotatable bonds is 11. The van der Waals surface area contributed by atoms with E-state index in [1.165, 1.54) is 0 Å². The fourth-order valence-corrected chi connectivity index (χ4v) is 2.41. The van der Waals surface area contributed by atoms with Crippen LogP contribution in [0.2, 0.25) is 0 Å². The molecular formula is C20H30O15. The minimum atomic E-state index is -2.26. The molecule has 0 radical (unpaired) electrons. The van der Waals surface area contributed by atoms with Crippen molar-refractivity contribution < 1.29 is 71.8 Å². The van der Waals surface area contributed by atoms with Gasteiger partial charge in [-0.1, -0.05) is 0 Å². The number of methoxy groups -OCH3 is 6. The van der Waals surface area contributed by atoms with Crippen LogP contribution in [0.4, 0.5) is 0 Å². The van der Waals surface area contributed by atoms with E-state index in [9.17, 15) is 38.7 Å². The zero-order chi connectivity index (χ0) is 27.8. The fourth-order valence-electron chi connectivity index (χ4n) is 2.41. The molecule has 1 N–H and O–H groups in total. The lowest BCUT2D eigenvalue weighted by atomic mass is 9.95. The molecule has 0 spiro atoms. The molecule has 0 fully saturated rings. The Hall–Kier alpha value is -3.75. The molecule has 0 aromatic carbocycles. The molecule has 15 nitrogen and oxygen atoms in total. The molecule has 0 amide bonds. The van der Waals surface area contributed by atoms with E-state index >= 15 is 0 Å². The Morgan fingerprint density at radius 3 is 1.11 bits per heavy atom. The maximum atomic E-state index is 11.8. The smallest absolute Gasteiger partial charge is 0.351 e. The van der Waals surface area contributed by atoms with Gasteiger partial charge < -0.3 is 38.3 Å². The Labute approximate surface area is 200 Å². The van der Waals surface area contributed by atoms with Gasteiger partial charge in [-0.3, -0.25) is 24.0 Å². The third-order valence-corrected chi connectivity index (χ3v) is 4.11. The van der Waals surface area contributed by atoms with Gasteiger partial charge in [-0.15, -0.1) is 0 Å². The summed E-state index contributed by atoms with van der Waals surface area (Å²) in [4.78, 5) is 78.7. The quantitative estimate of drug-likeness (QED) is 0.251. The highest BCUT2D eigenvalue weighted by Crippen LogP contribution is 2.25. The topological polar surface area (TPSA) is 204 Å². The highest BCUT2D eigenvalue weighted by Gasteiger charge is 2.48. The van der Waals surface area contributed by atoms with Crippen molar-refractivity contribution in [2.24, 2.45) is 0 Å². The van der Waals surface area contributed by atoms with Crippen molar-refractivity contribution in [1.82, 2.24) is 0 Å². The van der Waals surface area contributed by atoms with Gasteiger partial charge in [0.1, 0.15) is 0 Å². The lowest BCUT2D eigenvalue weighted by molar-refractivity contribution is -0.187. The Morgan fingerprint density at radius 1 is 0.543 bits per heavy atom. The van der Waals surface area contributed by atoms with Crippen molar-refractivity contribution in [3.8, 4) is 0 Å². The maximum absolute atomic E-state index is 11.8. The number of ether oxygens (including phenoxy) is 7. The number of carbonyl (C=O) groups is 7. The van der Waals surface area contributed by atoms with E-state index in [0.29, 0.717) is 0 Å². The zero-order valence-corrected chi connectivity index (χ0v) is 20.5. The van der Waals surface area contributed by atoms with Crippen LogP contribution >= 0.6 is 0 Å². The van der Waals surface area contributed by atoms with Gasteiger partial charge in [0.25, 0.3) is 0 Å². The molecule has 0 atom stereocenters. The summed E-state index contributed by atoms with van der Waals surface area (Å²) < 4.78 is 31.0. The summed E-state index contributed by atoms with van der Waals surface area (Å²) in [5, 5.41) is 9.81. The second-order valence-corrected chi connectivity index (χ2v) is 6.61. The molecule has 15 heteroatoms. The Bertz CT molecular complexity index is 749. The third-order valence-electron chi connectivity index (χ3n) is 4.11. The largest absolute Gasteiger partial charge is 0.469 e. The third kappa shape index (κ3) is 11.8. The summed E-state index contributed by atoms with van der Waals surface area (Å²) in [7, 11) is 6.44. The number of aliphatic hydroxyl groups is 1. The molecule has 0 saturated heterocycles. The molecule has 35 heavy (non-hydrogen) atoms. The first-order valence-corrected chi connectivity index (χ1v) is 9.56. The van der Waals surface area contributed by atoms with Crippen molar-refractivity contribution in [3.05, 3.63) is 0 Å². The van der Waals surface area contributed by atoms with E-state index < -0.39 is 78.7 Å². The Balaban J connectivity index is 0. The predicted molar refractivity (Wildman–Crippen MR) is 110 cm³/mol. The zero-order valence-electron chi connectivity index (χ0n) is 20.5. The Morgan fingerprint density at radius 2 is 0.857 bits per heavy atom. The minimum Gasteiger partial charge on any atom is -0.469 e. The molecule has 0 bridgehead atoms. The molecule has 0 unspecified atom stereocenters. The number of esters is 7. The van der Waals surface area contributed by atoms with E-state index in [-0.39, 0.29) is 0 Å². The molecule has 0 rings (SSSR count). The standard InChI is InChI=1S/C11H16O8.C9H14O7/c1-7(12)19-11(10(15)18-4,5-8(13)16-2)6-9(14)17-3;1-14-6(10)4-9(13,8(12)16-3)5-7(11)15-2/h5-6H2,1-4H3;13H,4-5H2,1-3H3. The maximum Gasteiger partial charge on any atom is 0.351 e. The molecule has 0 aliphatic carbocycles. The summed E-state index contributed by atoms with van der Waals surface area (Å²) in [6, 6.07) is 0. The van der Waals surface area contributed by atoms with Crippen molar-refractivity contribution >= 4 is 41.8 Å². The lowest BCUT2D eigenvalue weighted by Crippen LogP contribution is -2.47. The van der Waals surface area contributed by atoms with Crippen LogP contribution in [0.25, 0.3) is 0 Å². The molecule has 0 aromatic heterocycles. The average Bonchev–Trinajstić information content (AvgIpc) is 2.81. The van der Waals surface area contributed by atoms with Crippen LogP contribution in [-0.4, -0.2) is 101 Å². The van der Waals surface area contributed by atoms with Gasteiger partial charge in [0.2, 0.25) is 5.60 Å². The summed E-state index contributed by atoms with van der Waals surface area (Å²) in [6.45, 7) is 1.03. The molecule has 0 aromatic rings. The van der Waals surface area contributed by atoms with Crippen LogP contribution in [-0.2, 0) is 66.7 Å². The second kappa shape index (κ2) is 16.0. The number of hydrogen-bond acceptors (Lipinski definition) is 15. The van der Waals surface area contributed by atoms with Gasteiger partial charge in [-0.05, 0) is 0 Å². The summed E-state index contributed by atoms with van der Waals surface area (Å²) in [5.41, 5.74) is -4.34. The molecule has 0 aliphatic rings. The average molecular weight is 510 g/mol. The van der Waals surface area contributed by atoms with Gasteiger partial charge in [-0.25, -0.2) is 9.59 Å². The van der Waals surface area contributed by atoms with Crippen molar-refractivity contribution in [3.63, 3.8) is 0 Å². The van der Waals surface area contributed by atoms with E-state index in [1.807, 2.05) is 0 Å². The molecular weight excluding hydrogens is 480 g/mol. The lowest BCUT2D eigenvalue weighted by Gasteiger charge is -2.28. The summed E-state index contributed by atoms with van der Waals surface area (Å²) in [5.74, 6) is -6.33. The normalized spacial score (nSPS) is 10.4. The van der Waals surface area contributed by atoms with Crippen molar-refractivity contribution in [1.29, 1.82) is 0 Å². The van der Waals surface area contributed by atoms with E-state index in [0.717, 1.165) is 49.6 Å². The predicted octanol–water partition coefficient (Wildman–Crippen LogP) is -1.40. The number of hydrogen-bond donors (Lipinski definition) is 1. The van der Waals surface area contributed by atoms with E-state index in [2.05, 4.69) is 28.4 Å². The fraction of sp³-hybridized carbons (Fsp3) is 0.650. The summed E-state index contributed by atoms with van der Waals surface area (Å²) in [6.07, 6.45) is -2.65. The monoisotopic (exact) mass is 510 g/mol. The van der Waals surface area contributed by atoms with Crippen LogP contribution in [0.5, 0.6) is 0 Å². The van der Waals surface area contributed by atoms with Gasteiger partial charge in [0.15, 0.2) is 5.60 Å². The molecule has 0 aliphatic heterocycles. The summed E-state index contributed by atoms with van der Waals surface area (Å²) >= 11 is 0. The van der Waals surface area contributed by atoms with Crippen LogP contribution < -0.4 is 0 Å². The minimum absolute atomic E-state index is 0.648. The van der Waals surface area contributed by atoms with Gasteiger partial charge >= 0.3 is 41.8 Å². The molecule has 200 valence electrons. The Kier molecular flexibility index (Phi) is 15.3. The van der Waals surface area contributed by atoms with Gasteiger partial charge in [0, 0.05) is 6.92 Å². The van der Waals surface area contributed by atoms with E-state index in [4.69, 9.17) is 4.74 Å². The van der Waals surface area contributed by atoms with Crippen LogP contribution in [0, 0.1) is 0 Å².